The quantitative estimate of drug-likeness (QED) is 0.565. The van der Waals surface area contributed by atoms with Crippen molar-refractivity contribution < 1.29 is 14.3 Å². The molecule has 1 N–H and O–H groups in total. The van der Waals surface area contributed by atoms with Crippen molar-refractivity contribution in [3.8, 4) is 5.75 Å². The Morgan fingerprint density at radius 1 is 1.00 bits per heavy atom. The second-order valence-corrected chi connectivity index (χ2v) is 5.67. The number of carbonyl (C=O) groups excluding carboxylic acids is 2. The van der Waals surface area contributed by atoms with Gasteiger partial charge in [-0.25, -0.2) is 0 Å². The Hall–Kier alpha value is -2.62. The van der Waals surface area contributed by atoms with Crippen LogP contribution >= 0.6 is 0 Å². The van der Waals surface area contributed by atoms with Crippen LogP contribution in [0.25, 0.3) is 0 Å². The molecule has 24 heavy (non-hydrogen) atoms. The van der Waals surface area contributed by atoms with E-state index >= 15 is 0 Å². The Morgan fingerprint density at radius 3 is 2.42 bits per heavy atom. The summed E-state index contributed by atoms with van der Waals surface area (Å²) in [4.78, 5) is 23.7. The van der Waals surface area contributed by atoms with E-state index in [0.29, 0.717) is 23.4 Å². The van der Waals surface area contributed by atoms with Crippen molar-refractivity contribution in [1.82, 2.24) is 0 Å². The maximum atomic E-state index is 12.3. The molecule has 0 bridgehead atoms. The van der Waals surface area contributed by atoms with Crippen LogP contribution in [0.3, 0.4) is 0 Å². The van der Waals surface area contributed by atoms with Gasteiger partial charge in [-0.15, -0.1) is 0 Å². The van der Waals surface area contributed by atoms with E-state index in [1.165, 1.54) is 6.92 Å². The summed E-state index contributed by atoms with van der Waals surface area (Å²) in [6.45, 7) is 4.34. The van der Waals surface area contributed by atoms with Crippen LogP contribution in [0.1, 0.15) is 53.8 Å². The van der Waals surface area contributed by atoms with Gasteiger partial charge in [0.05, 0.1) is 6.61 Å². The van der Waals surface area contributed by atoms with Crippen LogP contribution in [0.2, 0.25) is 0 Å². The lowest BCUT2D eigenvalue weighted by atomic mass is 10.1. The van der Waals surface area contributed by atoms with E-state index in [0.717, 1.165) is 25.0 Å². The molecule has 4 nitrogen and oxygen atoms in total. The number of hydrogen-bond donors (Lipinski definition) is 1. The van der Waals surface area contributed by atoms with E-state index in [1.54, 1.807) is 48.5 Å². The minimum Gasteiger partial charge on any atom is -0.494 e. The second-order valence-electron chi connectivity index (χ2n) is 5.67. The topological polar surface area (TPSA) is 55.4 Å². The number of anilines is 1. The summed E-state index contributed by atoms with van der Waals surface area (Å²) in [6, 6.07) is 14.0. The molecule has 2 aromatic carbocycles. The van der Waals surface area contributed by atoms with Gasteiger partial charge in [0.25, 0.3) is 5.91 Å². The fraction of sp³-hybridized carbons (Fsp3) is 0.300. The van der Waals surface area contributed by atoms with E-state index in [4.69, 9.17) is 4.74 Å². The molecule has 0 spiro atoms. The fourth-order valence-electron chi connectivity index (χ4n) is 2.26. The first kappa shape index (κ1) is 17.7. The third-order valence-electron chi connectivity index (χ3n) is 3.66. The Labute approximate surface area is 142 Å². The van der Waals surface area contributed by atoms with Crippen molar-refractivity contribution in [3.05, 3.63) is 59.7 Å². The average Bonchev–Trinajstić information content (AvgIpc) is 2.59. The maximum absolute atomic E-state index is 12.3. The maximum Gasteiger partial charge on any atom is 0.255 e. The minimum atomic E-state index is -0.215. The molecule has 0 aliphatic rings. The van der Waals surface area contributed by atoms with Crippen molar-refractivity contribution in [3.63, 3.8) is 0 Å². The van der Waals surface area contributed by atoms with Gasteiger partial charge < -0.3 is 10.1 Å². The van der Waals surface area contributed by atoms with Gasteiger partial charge in [-0.3, -0.25) is 9.59 Å². The minimum absolute atomic E-state index is 0.0318. The largest absolute Gasteiger partial charge is 0.494 e. The summed E-state index contributed by atoms with van der Waals surface area (Å²) in [5.74, 6) is 0.519. The van der Waals surface area contributed by atoms with Gasteiger partial charge in [0.2, 0.25) is 0 Å². The van der Waals surface area contributed by atoms with Crippen molar-refractivity contribution in [2.45, 2.75) is 33.1 Å². The van der Waals surface area contributed by atoms with E-state index < -0.39 is 0 Å². The molecule has 2 aromatic rings. The lowest BCUT2D eigenvalue weighted by molar-refractivity contribution is 0.101. The smallest absolute Gasteiger partial charge is 0.255 e. The molecule has 0 fully saturated rings. The molecule has 4 heteroatoms. The third kappa shape index (κ3) is 5.23. The molecule has 0 radical (unpaired) electrons. The molecule has 0 aromatic heterocycles. The van der Waals surface area contributed by atoms with Gasteiger partial charge in [0.1, 0.15) is 5.75 Å². The molecule has 0 aliphatic carbocycles. The molecule has 0 atom stereocenters. The summed E-state index contributed by atoms with van der Waals surface area (Å²) in [7, 11) is 0. The van der Waals surface area contributed by atoms with E-state index in [-0.39, 0.29) is 11.7 Å². The summed E-state index contributed by atoms with van der Waals surface area (Å²) in [6.07, 6.45) is 3.35. The summed E-state index contributed by atoms with van der Waals surface area (Å²) < 4.78 is 5.63. The van der Waals surface area contributed by atoms with Crippen LogP contribution in [0.4, 0.5) is 5.69 Å². The number of ether oxygens (including phenoxy) is 1. The molecule has 1 amide bonds. The zero-order chi connectivity index (χ0) is 17.4. The predicted molar refractivity (Wildman–Crippen MR) is 95.9 cm³/mol. The first-order valence-electron chi connectivity index (χ1n) is 8.25. The fourth-order valence-corrected chi connectivity index (χ4v) is 2.26. The van der Waals surface area contributed by atoms with E-state index in [9.17, 15) is 9.59 Å². The number of rotatable bonds is 8. The Morgan fingerprint density at radius 2 is 1.75 bits per heavy atom. The number of ketones is 1. The SMILES string of the molecule is CCCCCOc1ccc(C(=O)Nc2cccc(C(C)=O)c2)cc1. The average molecular weight is 325 g/mol. The molecular weight excluding hydrogens is 302 g/mol. The first-order chi connectivity index (χ1) is 11.6. The molecule has 0 aliphatic heterocycles. The summed E-state index contributed by atoms with van der Waals surface area (Å²) >= 11 is 0. The first-order valence-corrected chi connectivity index (χ1v) is 8.25. The Kier molecular flexibility index (Phi) is 6.55. The number of hydrogen-bond acceptors (Lipinski definition) is 3. The molecule has 0 heterocycles. The van der Waals surface area contributed by atoms with Crippen LogP contribution < -0.4 is 10.1 Å². The molecule has 126 valence electrons. The van der Waals surface area contributed by atoms with Crippen LogP contribution in [0.5, 0.6) is 5.75 Å². The highest BCUT2D eigenvalue weighted by molar-refractivity contribution is 6.05. The van der Waals surface area contributed by atoms with E-state index in [2.05, 4.69) is 12.2 Å². The number of unbranched alkanes of at least 4 members (excludes halogenated alkanes) is 2. The molecular formula is C20H23NO3. The lowest BCUT2D eigenvalue weighted by Crippen LogP contribution is -2.12. The van der Waals surface area contributed by atoms with Gasteiger partial charge in [-0.2, -0.15) is 0 Å². The highest BCUT2D eigenvalue weighted by atomic mass is 16.5. The van der Waals surface area contributed by atoms with Crippen LogP contribution in [-0.4, -0.2) is 18.3 Å². The Balaban J connectivity index is 1.95. The van der Waals surface area contributed by atoms with Gasteiger partial charge in [-0.1, -0.05) is 31.9 Å². The highest BCUT2D eigenvalue weighted by Gasteiger charge is 2.08. The summed E-state index contributed by atoms with van der Waals surface area (Å²) in [5.41, 5.74) is 1.72. The molecule has 2 rings (SSSR count). The van der Waals surface area contributed by atoms with Gasteiger partial charge in [-0.05, 0) is 49.7 Å². The third-order valence-corrected chi connectivity index (χ3v) is 3.66. The zero-order valence-corrected chi connectivity index (χ0v) is 14.2. The molecule has 0 saturated carbocycles. The van der Waals surface area contributed by atoms with Crippen LogP contribution in [0.15, 0.2) is 48.5 Å². The van der Waals surface area contributed by atoms with Crippen LogP contribution in [-0.2, 0) is 0 Å². The predicted octanol–water partition coefficient (Wildman–Crippen LogP) is 4.71. The monoisotopic (exact) mass is 325 g/mol. The van der Waals surface area contributed by atoms with Crippen molar-refractivity contribution in [2.75, 3.05) is 11.9 Å². The lowest BCUT2D eigenvalue weighted by Gasteiger charge is -2.08. The van der Waals surface area contributed by atoms with Gasteiger partial charge in [0, 0.05) is 16.8 Å². The second kappa shape index (κ2) is 8.87. The Bertz CT molecular complexity index is 692. The number of benzene rings is 2. The van der Waals surface area contributed by atoms with Crippen molar-refractivity contribution in [1.29, 1.82) is 0 Å². The highest BCUT2D eigenvalue weighted by Crippen LogP contribution is 2.16. The molecule has 0 saturated heterocycles. The standard InChI is InChI=1S/C20H23NO3/c1-3-4-5-13-24-19-11-9-16(10-12-19)20(23)21-18-8-6-7-17(14-18)15(2)22/h6-12,14H,3-5,13H2,1-2H3,(H,21,23). The number of carbonyl (C=O) groups is 2. The van der Waals surface area contributed by atoms with Gasteiger partial charge in [0.15, 0.2) is 5.78 Å². The van der Waals surface area contributed by atoms with Crippen molar-refractivity contribution in [2.24, 2.45) is 0 Å². The number of Topliss-reactive ketones (excluding diaryl/α,β-unsaturated/α-hetero) is 1. The number of amides is 1. The van der Waals surface area contributed by atoms with Crippen molar-refractivity contribution >= 4 is 17.4 Å². The zero-order valence-electron chi connectivity index (χ0n) is 14.2. The normalized spacial score (nSPS) is 10.2. The van der Waals surface area contributed by atoms with Crippen LogP contribution in [0, 0.1) is 0 Å². The number of nitrogens with one attached hydrogen (secondary N) is 1. The van der Waals surface area contributed by atoms with E-state index in [1.807, 2.05) is 0 Å². The summed E-state index contributed by atoms with van der Waals surface area (Å²) in [5, 5.41) is 2.80. The molecule has 0 unspecified atom stereocenters. The van der Waals surface area contributed by atoms with Gasteiger partial charge >= 0.3 is 0 Å².